The third kappa shape index (κ3) is 1.61. The number of hydrogen-bond donors (Lipinski definition) is 0. The fourth-order valence-electron chi connectivity index (χ4n) is 1.95. The molecule has 15 heavy (non-hydrogen) atoms. The van der Waals surface area contributed by atoms with Crippen molar-refractivity contribution in [1.82, 2.24) is 5.32 Å². The van der Waals surface area contributed by atoms with Gasteiger partial charge in [0, 0.05) is 37.9 Å². The smallest absolute Gasteiger partial charge is 0.231 e. The van der Waals surface area contributed by atoms with Crippen molar-refractivity contribution in [3.63, 3.8) is 0 Å². The molecule has 0 N–H and O–H groups in total. The maximum absolute atomic E-state index is 5.36. The van der Waals surface area contributed by atoms with E-state index in [1.165, 1.54) is 5.69 Å². The van der Waals surface area contributed by atoms with E-state index < -0.39 is 0 Å². The zero-order chi connectivity index (χ0) is 10.1. The molecule has 79 valence electrons. The second kappa shape index (κ2) is 3.62. The van der Waals surface area contributed by atoms with Crippen molar-refractivity contribution < 1.29 is 9.47 Å². The van der Waals surface area contributed by atoms with E-state index in [-0.39, 0.29) is 0 Å². The molecule has 2 aliphatic heterocycles. The first-order valence-corrected chi connectivity index (χ1v) is 5.21. The SMILES string of the molecule is c1cc2c(cc1N1CC[N]CC1)OCO2. The standard InChI is InChI=1S/C11H13N2O2/c1-2-10-11(15-8-14-10)7-9(1)13-5-3-12-4-6-13/h1-2,7H,3-6,8H2. The summed E-state index contributed by atoms with van der Waals surface area (Å²) < 4.78 is 10.6. The lowest BCUT2D eigenvalue weighted by Crippen LogP contribution is -2.40. The summed E-state index contributed by atoms with van der Waals surface area (Å²) in [5.41, 5.74) is 1.20. The van der Waals surface area contributed by atoms with Crippen LogP contribution >= 0.6 is 0 Å². The highest BCUT2D eigenvalue weighted by molar-refractivity contribution is 5.57. The normalized spacial score (nSPS) is 19.3. The molecule has 4 nitrogen and oxygen atoms in total. The van der Waals surface area contributed by atoms with Crippen LogP contribution in [0, 0.1) is 0 Å². The molecular formula is C11H13N2O2. The maximum atomic E-state index is 5.36. The van der Waals surface area contributed by atoms with E-state index in [0.29, 0.717) is 6.79 Å². The highest BCUT2D eigenvalue weighted by atomic mass is 16.7. The zero-order valence-electron chi connectivity index (χ0n) is 8.48. The summed E-state index contributed by atoms with van der Waals surface area (Å²) in [7, 11) is 0. The van der Waals surface area contributed by atoms with Crippen LogP contribution in [0.3, 0.4) is 0 Å². The van der Waals surface area contributed by atoms with E-state index in [1.807, 2.05) is 12.1 Å². The van der Waals surface area contributed by atoms with Gasteiger partial charge in [0.1, 0.15) is 0 Å². The van der Waals surface area contributed by atoms with Crippen molar-refractivity contribution in [1.29, 1.82) is 0 Å². The number of nitrogens with zero attached hydrogens (tertiary/aromatic N) is 2. The highest BCUT2D eigenvalue weighted by Gasteiger charge is 2.17. The first kappa shape index (κ1) is 8.85. The molecule has 1 aromatic rings. The summed E-state index contributed by atoms with van der Waals surface area (Å²) in [4.78, 5) is 2.33. The van der Waals surface area contributed by atoms with Crippen LogP contribution in [0.2, 0.25) is 0 Å². The molecule has 2 aliphatic rings. The van der Waals surface area contributed by atoms with Gasteiger partial charge in [0.15, 0.2) is 11.5 Å². The minimum atomic E-state index is 0.341. The van der Waals surface area contributed by atoms with Gasteiger partial charge < -0.3 is 14.4 Å². The number of ether oxygens (including phenoxy) is 2. The Hall–Kier alpha value is -1.42. The minimum Gasteiger partial charge on any atom is -0.454 e. The largest absolute Gasteiger partial charge is 0.454 e. The topological polar surface area (TPSA) is 35.8 Å². The van der Waals surface area contributed by atoms with Crippen molar-refractivity contribution in [2.24, 2.45) is 0 Å². The number of hydrogen-bond acceptors (Lipinski definition) is 3. The van der Waals surface area contributed by atoms with Crippen molar-refractivity contribution in [3.05, 3.63) is 18.2 Å². The van der Waals surface area contributed by atoms with Crippen LogP contribution in [0.4, 0.5) is 5.69 Å². The summed E-state index contributed by atoms with van der Waals surface area (Å²) in [5, 5.41) is 4.33. The van der Waals surface area contributed by atoms with Crippen LogP contribution in [0.1, 0.15) is 0 Å². The summed E-state index contributed by atoms with van der Waals surface area (Å²) in [6, 6.07) is 6.11. The summed E-state index contributed by atoms with van der Waals surface area (Å²) in [5.74, 6) is 1.70. The minimum absolute atomic E-state index is 0.341. The quantitative estimate of drug-likeness (QED) is 0.681. The van der Waals surface area contributed by atoms with Crippen molar-refractivity contribution in [2.75, 3.05) is 37.9 Å². The van der Waals surface area contributed by atoms with Crippen LogP contribution in [-0.4, -0.2) is 33.0 Å². The van der Waals surface area contributed by atoms with Gasteiger partial charge in [0.2, 0.25) is 6.79 Å². The molecule has 3 rings (SSSR count). The molecule has 2 heterocycles. The van der Waals surface area contributed by atoms with Gasteiger partial charge in [-0.1, -0.05) is 0 Å². The Morgan fingerprint density at radius 1 is 1.07 bits per heavy atom. The lowest BCUT2D eigenvalue weighted by molar-refractivity contribution is 0.174. The van der Waals surface area contributed by atoms with Crippen LogP contribution in [0.15, 0.2) is 18.2 Å². The van der Waals surface area contributed by atoms with Crippen LogP contribution in [0.25, 0.3) is 0 Å². The molecule has 1 saturated heterocycles. The van der Waals surface area contributed by atoms with E-state index >= 15 is 0 Å². The van der Waals surface area contributed by atoms with E-state index in [9.17, 15) is 0 Å². The van der Waals surface area contributed by atoms with E-state index in [1.54, 1.807) is 0 Å². The summed E-state index contributed by atoms with van der Waals surface area (Å²) in [6.07, 6.45) is 0. The fraction of sp³-hybridized carbons (Fsp3) is 0.455. The molecule has 0 aromatic heterocycles. The Morgan fingerprint density at radius 2 is 1.87 bits per heavy atom. The number of benzene rings is 1. The lowest BCUT2D eigenvalue weighted by Gasteiger charge is -2.28. The molecule has 0 atom stereocenters. The molecule has 4 heteroatoms. The fourth-order valence-corrected chi connectivity index (χ4v) is 1.95. The van der Waals surface area contributed by atoms with Crippen molar-refractivity contribution in [3.8, 4) is 11.5 Å². The predicted octanol–water partition coefficient (Wildman–Crippen LogP) is 0.840. The van der Waals surface area contributed by atoms with Gasteiger partial charge in [0.25, 0.3) is 0 Å². The van der Waals surface area contributed by atoms with Gasteiger partial charge in [-0.25, -0.2) is 5.32 Å². The monoisotopic (exact) mass is 205 g/mol. The summed E-state index contributed by atoms with van der Waals surface area (Å²) in [6.45, 7) is 4.19. The highest BCUT2D eigenvalue weighted by Crippen LogP contribution is 2.35. The Kier molecular flexibility index (Phi) is 2.14. The van der Waals surface area contributed by atoms with Gasteiger partial charge in [-0.05, 0) is 12.1 Å². The molecule has 0 unspecified atom stereocenters. The van der Waals surface area contributed by atoms with Gasteiger partial charge >= 0.3 is 0 Å². The van der Waals surface area contributed by atoms with Crippen molar-refractivity contribution in [2.45, 2.75) is 0 Å². The van der Waals surface area contributed by atoms with Gasteiger partial charge in [-0.2, -0.15) is 0 Å². The molecule has 0 aliphatic carbocycles. The van der Waals surface area contributed by atoms with E-state index in [4.69, 9.17) is 9.47 Å². The average Bonchev–Trinajstić information content (AvgIpc) is 2.77. The maximum Gasteiger partial charge on any atom is 0.231 e. The Balaban J connectivity index is 1.85. The molecule has 1 aromatic carbocycles. The number of rotatable bonds is 1. The zero-order valence-corrected chi connectivity index (χ0v) is 8.48. The Bertz CT molecular complexity index is 362. The predicted molar refractivity (Wildman–Crippen MR) is 56.6 cm³/mol. The second-order valence-electron chi connectivity index (χ2n) is 3.70. The van der Waals surface area contributed by atoms with Crippen LogP contribution in [-0.2, 0) is 0 Å². The molecular weight excluding hydrogens is 192 g/mol. The lowest BCUT2D eigenvalue weighted by atomic mass is 10.2. The molecule has 0 bridgehead atoms. The summed E-state index contributed by atoms with van der Waals surface area (Å²) >= 11 is 0. The molecule has 1 radical (unpaired) electrons. The van der Waals surface area contributed by atoms with Crippen molar-refractivity contribution >= 4 is 5.69 Å². The van der Waals surface area contributed by atoms with Gasteiger partial charge in [0.05, 0.1) is 0 Å². The first-order valence-electron chi connectivity index (χ1n) is 5.21. The van der Waals surface area contributed by atoms with Gasteiger partial charge in [-0.15, -0.1) is 0 Å². The Labute approximate surface area is 88.8 Å². The molecule has 1 fully saturated rings. The van der Waals surface area contributed by atoms with Crippen LogP contribution in [0.5, 0.6) is 11.5 Å². The number of fused-ring (bicyclic) bond motifs is 1. The second-order valence-corrected chi connectivity index (χ2v) is 3.70. The number of anilines is 1. The number of piperazine rings is 1. The first-order chi connectivity index (χ1) is 7.43. The third-order valence-corrected chi connectivity index (χ3v) is 2.78. The Morgan fingerprint density at radius 3 is 2.73 bits per heavy atom. The molecule has 0 saturated carbocycles. The van der Waals surface area contributed by atoms with Gasteiger partial charge in [-0.3, -0.25) is 0 Å². The average molecular weight is 205 g/mol. The van der Waals surface area contributed by atoms with E-state index in [0.717, 1.165) is 37.7 Å². The third-order valence-electron chi connectivity index (χ3n) is 2.78. The molecule has 0 amide bonds. The molecule has 0 spiro atoms. The van der Waals surface area contributed by atoms with E-state index in [2.05, 4.69) is 16.3 Å². The van der Waals surface area contributed by atoms with Crippen LogP contribution < -0.4 is 19.7 Å².